The van der Waals surface area contributed by atoms with Crippen molar-refractivity contribution >= 4 is 8.58 Å². The summed E-state index contributed by atoms with van der Waals surface area (Å²) in [6.45, 7) is 1.92. The summed E-state index contributed by atoms with van der Waals surface area (Å²) in [4.78, 5) is 0. The molecule has 1 fully saturated rings. The molecule has 1 saturated heterocycles. The smallest absolute Gasteiger partial charge is 0.155 e. The molecule has 7 heavy (non-hydrogen) atoms. The minimum Gasteiger partial charge on any atom is -0.349 e. The maximum absolute atomic E-state index is 5.07. The van der Waals surface area contributed by atoms with Crippen LogP contribution < -0.4 is 0 Å². The zero-order chi connectivity index (χ0) is 5.11. The van der Waals surface area contributed by atoms with E-state index < -0.39 is 0 Å². The van der Waals surface area contributed by atoms with Crippen LogP contribution in [0.2, 0.25) is 0 Å². The molecule has 1 heterocycles. The van der Waals surface area contributed by atoms with Crippen LogP contribution in [0, 0.1) is 0 Å². The highest BCUT2D eigenvalue weighted by molar-refractivity contribution is 7.37. The van der Waals surface area contributed by atoms with Crippen molar-refractivity contribution in [3.8, 4) is 0 Å². The SMILES string of the molecule is CC1OCPCO1. The van der Waals surface area contributed by atoms with E-state index in [1.54, 1.807) is 0 Å². The van der Waals surface area contributed by atoms with Gasteiger partial charge in [0.15, 0.2) is 6.29 Å². The van der Waals surface area contributed by atoms with Crippen LogP contribution in [0.1, 0.15) is 6.92 Å². The molecule has 0 bridgehead atoms. The first-order valence-corrected chi connectivity index (χ1v) is 3.75. The van der Waals surface area contributed by atoms with Gasteiger partial charge in [0.05, 0.1) is 12.7 Å². The first kappa shape index (κ1) is 5.49. The van der Waals surface area contributed by atoms with Crippen LogP contribution in [0.15, 0.2) is 0 Å². The maximum atomic E-state index is 5.07. The molecule has 0 amide bonds. The average molecular weight is 120 g/mol. The van der Waals surface area contributed by atoms with Crippen LogP contribution >= 0.6 is 8.58 Å². The summed E-state index contributed by atoms with van der Waals surface area (Å²) in [7, 11) is 0.843. The topological polar surface area (TPSA) is 18.5 Å². The molecule has 0 aromatic heterocycles. The Morgan fingerprint density at radius 3 is 2.29 bits per heavy atom. The summed E-state index contributed by atoms with van der Waals surface area (Å²) < 4.78 is 10.1. The highest BCUT2D eigenvalue weighted by atomic mass is 31.1. The summed E-state index contributed by atoms with van der Waals surface area (Å²) >= 11 is 0. The quantitative estimate of drug-likeness (QED) is 0.443. The van der Waals surface area contributed by atoms with Crippen LogP contribution in [-0.2, 0) is 9.47 Å². The van der Waals surface area contributed by atoms with E-state index in [-0.39, 0.29) is 6.29 Å². The summed E-state index contributed by atoms with van der Waals surface area (Å²) in [5.74, 6) is 0. The van der Waals surface area contributed by atoms with Gasteiger partial charge in [-0.1, -0.05) is 8.58 Å². The van der Waals surface area contributed by atoms with Crippen molar-refractivity contribution in [3.63, 3.8) is 0 Å². The Kier molecular flexibility index (Phi) is 2.04. The minimum absolute atomic E-state index is 0.0428. The third-order valence-corrected chi connectivity index (χ3v) is 1.58. The van der Waals surface area contributed by atoms with Gasteiger partial charge >= 0.3 is 0 Å². The molecule has 0 atom stereocenters. The van der Waals surface area contributed by atoms with E-state index in [1.165, 1.54) is 0 Å². The van der Waals surface area contributed by atoms with Gasteiger partial charge < -0.3 is 9.47 Å². The molecule has 0 spiro atoms. The van der Waals surface area contributed by atoms with Gasteiger partial charge in [-0.25, -0.2) is 0 Å². The Morgan fingerprint density at radius 2 is 2.00 bits per heavy atom. The zero-order valence-corrected chi connectivity index (χ0v) is 5.31. The Hall–Kier alpha value is 0.350. The molecule has 0 N–H and O–H groups in total. The molecule has 1 rings (SSSR count). The van der Waals surface area contributed by atoms with Crippen molar-refractivity contribution < 1.29 is 9.47 Å². The monoisotopic (exact) mass is 120 g/mol. The summed E-state index contributed by atoms with van der Waals surface area (Å²) in [5, 5.41) is 0. The van der Waals surface area contributed by atoms with Gasteiger partial charge in [0.25, 0.3) is 0 Å². The van der Waals surface area contributed by atoms with E-state index in [1.807, 2.05) is 6.92 Å². The molecule has 0 saturated carbocycles. The highest BCUT2D eigenvalue weighted by Gasteiger charge is 2.05. The lowest BCUT2D eigenvalue weighted by molar-refractivity contribution is -0.113. The predicted octanol–water partition coefficient (Wildman–Crippen LogP) is 0.973. The Balaban J connectivity index is 2.12. The fraction of sp³-hybridized carbons (Fsp3) is 1.00. The molecule has 0 radical (unpaired) electrons. The van der Waals surface area contributed by atoms with Crippen molar-refractivity contribution in [2.24, 2.45) is 0 Å². The van der Waals surface area contributed by atoms with Crippen LogP contribution in [0.4, 0.5) is 0 Å². The molecule has 1 aliphatic rings. The first-order chi connectivity index (χ1) is 3.39. The number of rotatable bonds is 0. The molecular formula is C4H9O2P. The Morgan fingerprint density at radius 1 is 1.43 bits per heavy atom. The highest BCUT2D eigenvalue weighted by Crippen LogP contribution is 2.17. The van der Waals surface area contributed by atoms with E-state index >= 15 is 0 Å². The van der Waals surface area contributed by atoms with Crippen LogP contribution in [-0.4, -0.2) is 19.0 Å². The Labute approximate surface area is 45.0 Å². The van der Waals surface area contributed by atoms with E-state index in [0.717, 1.165) is 21.3 Å². The van der Waals surface area contributed by atoms with E-state index in [9.17, 15) is 0 Å². The largest absolute Gasteiger partial charge is 0.349 e. The van der Waals surface area contributed by atoms with Crippen molar-refractivity contribution in [3.05, 3.63) is 0 Å². The molecule has 0 aromatic rings. The molecule has 0 aromatic carbocycles. The van der Waals surface area contributed by atoms with Crippen molar-refractivity contribution in [1.82, 2.24) is 0 Å². The maximum Gasteiger partial charge on any atom is 0.155 e. The zero-order valence-electron chi connectivity index (χ0n) is 4.31. The molecule has 2 nitrogen and oxygen atoms in total. The molecule has 42 valence electrons. The number of hydrogen-bond donors (Lipinski definition) is 0. The third kappa shape index (κ3) is 1.72. The normalized spacial score (nSPS) is 36.4. The second-order valence-electron chi connectivity index (χ2n) is 1.44. The van der Waals surface area contributed by atoms with Gasteiger partial charge in [0, 0.05) is 0 Å². The van der Waals surface area contributed by atoms with Gasteiger partial charge in [0.2, 0.25) is 0 Å². The second kappa shape index (κ2) is 2.61. The van der Waals surface area contributed by atoms with Gasteiger partial charge in [-0.2, -0.15) is 0 Å². The average Bonchev–Trinajstić information content (AvgIpc) is 1.69. The molecule has 3 heteroatoms. The lowest BCUT2D eigenvalue weighted by Crippen LogP contribution is -2.16. The lowest BCUT2D eigenvalue weighted by atomic mass is 10.8. The van der Waals surface area contributed by atoms with Gasteiger partial charge in [0.1, 0.15) is 0 Å². The second-order valence-corrected chi connectivity index (χ2v) is 2.52. The van der Waals surface area contributed by atoms with E-state index in [2.05, 4.69) is 0 Å². The predicted molar refractivity (Wildman–Crippen MR) is 29.7 cm³/mol. The summed E-state index contributed by atoms with van der Waals surface area (Å²) in [5.41, 5.74) is 0. The summed E-state index contributed by atoms with van der Waals surface area (Å²) in [6, 6.07) is 0. The standard InChI is InChI=1S/C4H9O2P/c1-4-5-2-7-3-6-4/h4,7H,2-3H2,1H3. The lowest BCUT2D eigenvalue weighted by Gasteiger charge is -2.18. The molecule has 1 aliphatic heterocycles. The van der Waals surface area contributed by atoms with Crippen LogP contribution in [0.3, 0.4) is 0 Å². The van der Waals surface area contributed by atoms with Crippen molar-refractivity contribution in [2.45, 2.75) is 13.2 Å². The van der Waals surface area contributed by atoms with Gasteiger partial charge in [-0.05, 0) is 6.92 Å². The van der Waals surface area contributed by atoms with Crippen molar-refractivity contribution in [2.75, 3.05) is 12.7 Å². The molecular weight excluding hydrogens is 111 g/mol. The first-order valence-electron chi connectivity index (χ1n) is 2.33. The van der Waals surface area contributed by atoms with Crippen molar-refractivity contribution in [1.29, 1.82) is 0 Å². The van der Waals surface area contributed by atoms with Gasteiger partial charge in [-0.3, -0.25) is 0 Å². The van der Waals surface area contributed by atoms with Gasteiger partial charge in [-0.15, -0.1) is 0 Å². The number of ether oxygens (including phenoxy) is 2. The Bertz CT molecular complexity index is 51.7. The van der Waals surface area contributed by atoms with E-state index in [4.69, 9.17) is 9.47 Å². The van der Waals surface area contributed by atoms with Crippen LogP contribution in [0.25, 0.3) is 0 Å². The molecule has 0 aliphatic carbocycles. The van der Waals surface area contributed by atoms with E-state index in [0.29, 0.717) is 0 Å². The van der Waals surface area contributed by atoms with Crippen LogP contribution in [0.5, 0.6) is 0 Å². The molecule has 0 unspecified atom stereocenters. The fourth-order valence-corrected chi connectivity index (χ4v) is 1.23. The fourth-order valence-electron chi connectivity index (χ4n) is 0.442. The minimum atomic E-state index is 0.0428. The number of hydrogen-bond acceptors (Lipinski definition) is 2. The third-order valence-electron chi connectivity index (χ3n) is 0.840. The summed E-state index contributed by atoms with van der Waals surface area (Å²) in [6.07, 6.45) is 1.82.